The Bertz CT molecular complexity index is 763. The summed E-state index contributed by atoms with van der Waals surface area (Å²) >= 11 is 5.95. The van der Waals surface area contributed by atoms with Gasteiger partial charge >= 0.3 is 15.5 Å². The van der Waals surface area contributed by atoms with Gasteiger partial charge in [-0.15, -0.1) is 0 Å². The van der Waals surface area contributed by atoms with E-state index >= 15 is 0 Å². The molecule has 0 bridgehead atoms. The molecular weight excluding hydrogens is 405 g/mol. The predicted molar refractivity (Wildman–Crippen MR) is 99.0 cm³/mol. The molecule has 0 aromatic heterocycles. The molecule has 0 amide bonds. The van der Waals surface area contributed by atoms with Crippen molar-refractivity contribution in [3.63, 3.8) is 0 Å². The molecular formula is C16H22ClF3N4O2S. The molecule has 2 N–H and O–H groups in total. The summed E-state index contributed by atoms with van der Waals surface area (Å²) in [7, 11) is -5.26. The number of rotatable bonds is 5. The van der Waals surface area contributed by atoms with Crippen LogP contribution >= 0.6 is 11.6 Å². The molecule has 0 aliphatic carbocycles. The van der Waals surface area contributed by atoms with Gasteiger partial charge in [0.1, 0.15) is 0 Å². The molecule has 1 heterocycles. The summed E-state index contributed by atoms with van der Waals surface area (Å²) in [6, 6.07) is 7.11. The van der Waals surface area contributed by atoms with Crippen molar-refractivity contribution in [1.82, 2.24) is 14.9 Å². The summed E-state index contributed by atoms with van der Waals surface area (Å²) in [5, 5.41) is 6.84. The molecule has 1 aromatic carbocycles. The zero-order chi connectivity index (χ0) is 20.1. The van der Waals surface area contributed by atoms with Crippen molar-refractivity contribution in [3.05, 3.63) is 34.9 Å². The summed E-state index contributed by atoms with van der Waals surface area (Å²) in [6.45, 7) is 2.52. The van der Waals surface area contributed by atoms with Crippen LogP contribution in [0.1, 0.15) is 25.3 Å². The van der Waals surface area contributed by atoms with Crippen LogP contribution in [0.3, 0.4) is 0 Å². The molecule has 0 saturated carbocycles. The molecule has 6 nitrogen and oxygen atoms in total. The van der Waals surface area contributed by atoms with Crippen LogP contribution in [0.5, 0.6) is 0 Å². The Morgan fingerprint density at radius 3 is 2.56 bits per heavy atom. The maximum atomic E-state index is 12.6. The highest BCUT2D eigenvalue weighted by atomic mass is 35.5. The van der Waals surface area contributed by atoms with Crippen molar-refractivity contribution in [2.45, 2.75) is 37.9 Å². The number of nitrogens with zero attached hydrogens (tertiary/aromatic N) is 2. The maximum absolute atomic E-state index is 12.6. The molecule has 0 spiro atoms. The SMILES string of the molecule is CCNC(=NCc1cccc(Cl)c1)NC1CCN(S(=O)(=O)C(F)(F)F)CC1. The van der Waals surface area contributed by atoms with Crippen LogP contribution in [0.2, 0.25) is 5.02 Å². The molecule has 152 valence electrons. The van der Waals surface area contributed by atoms with Gasteiger partial charge in [-0.05, 0) is 37.5 Å². The Hall–Kier alpha value is -1.52. The Kier molecular flexibility index (Phi) is 7.35. The Morgan fingerprint density at radius 2 is 2.00 bits per heavy atom. The van der Waals surface area contributed by atoms with Gasteiger partial charge in [-0.3, -0.25) is 0 Å². The van der Waals surface area contributed by atoms with E-state index in [9.17, 15) is 21.6 Å². The summed E-state index contributed by atoms with van der Waals surface area (Å²) < 4.78 is 61.3. The largest absolute Gasteiger partial charge is 0.511 e. The van der Waals surface area contributed by atoms with Gasteiger partial charge in [0.05, 0.1) is 6.54 Å². The molecule has 0 unspecified atom stereocenters. The summed E-state index contributed by atoms with van der Waals surface area (Å²) in [5.74, 6) is 0.523. The molecule has 1 saturated heterocycles. The first-order valence-electron chi connectivity index (χ1n) is 8.49. The molecule has 1 aliphatic rings. The average Bonchev–Trinajstić information content (AvgIpc) is 2.59. The lowest BCUT2D eigenvalue weighted by Gasteiger charge is -2.32. The van der Waals surface area contributed by atoms with E-state index in [1.807, 2.05) is 19.1 Å². The smallest absolute Gasteiger partial charge is 0.357 e. The van der Waals surface area contributed by atoms with Crippen molar-refractivity contribution < 1.29 is 21.6 Å². The van der Waals surface area contributed by atoms with Gasteiger partial charge < -0.3 is 10.6 Å². The van der Waals surface area contributed by atoms with Crippen molar-refractivity contribution in [1.29, 1.82) is 0 Å². The van der Waals surface area contributed by atoms with Crippen LogP contribution in [-0.4, -0.2) is 49.9 Å². The van der Waals surface area contributed by atoms with E-state index in [0.717, 1.165) is 5.56 Å². The van der Waals surface area contributed by atoms with Crippen LogP contribution in [-0.2, 0) is 16.6 Å². The second kappa shape index (κ2) is 9.11. The van der Waals surface area contributed by atoms with Gasteiger partial charge in [-0.2, -0.15) is 17.5 Å². The number of hydrogen-bond acceptors (Lipinski definition) is 3. The zero-order valence-corrected chi connectivity index (χ0v) is 16.3. The van der Waals surface area contributed by atoms with Crippen LogP contribution in [0.4, 0.5) is 13.2 Å². The van der Waals surface area contributed by atoms with E-state index in [-0.39, 0.29) is 32.0 Å². The number of halogens is 4. The number of nitrogens with one attached hydrogen (secondary N) is 2. The normalized spacial score (nSPS) is 17.7. The fourth-order valence-corrected chi connectivity index (χ4v) is 3.90. The highest BCUT2D eigenvalue weighted by Gasteiger charge is 2.50. The number of alkyl halides is 3. The van der Waals surface area contributed by atoms with E-state index in [2.05, 4.69) is 15.6 Å². The molecule has 1 fully saturated rings. The van der Waals surface area contributed by atoms with Crippen LogP contribution in [0.25, 0.3) is 0 Å². The molecule has 1 aliphatic heterocycles. The van der Waals surface area contributed by atoms with Crippen molar-refractivity contribution >= 4 is 27.6 Å². The van der Waals surface area contributed by atoms with Gasteiger partial charge in [-0.1, -0.05) is 23.7 Å². The van der Waals surface area contributed by atoms with E-state index in [4.69, 9.17) is 11.6 Å². The predicted octanol–water partition coefficient (Wildman–Crippen LogP) is 2.71. The highest BCUT2D eigenvalue weighted by molar-refractivity contribution is 7.90. The highest BCUT2D eigenvalue weighted by Crippen LogP contribution is 2.28. The van der Waals surface area contributed by atoms with Crippen molar-refractivity contribution in [2.75, 3.05) is 19.6 Å². The van der Waals surface area contributed by atoms with Gasteiger partial charge in [0, 0.05) is 30.7 Å². The first kappa shape index (κ1) is 21.8. The fraction of sp³-hybridized carbons (Fsp3) is 0.562. The second-order valence-electron chi connectivity index (χ2n) is 6.09. The van der Waals surface area contributed by atoms with Gasteiger partial charge in [0.25, 0.3) is 0 Å². The van der Waals surface area contributed by atoms with E-state index < -0.39 is 15.5 Å². The van der Waals surface area contributed by atoms with Crippen molar-refractivity contribution in [2.24, 2.45) is 4.99 Å². The van der Waals surface area contributed by atoms with Gasteiger partial charge in [0.2, 0.25) is 0 Å². The number of hydrogen-bond donors (Lipinski definition) is 2. The first-order valence-corrected chi connectivity index (χ1v) is 10.3. The van der Waals surface area contributed by atoms with E-state index in [0.29, 0.717) is 28.4 Å². The Balaban J connectivity index is 1.95. The topological polar surface area (TPSA) is 73.8 Å². The Labute approximate surface area is 161 Å². The third-order valence-corrected chi connectivity index (χ3v) is 5.95. The average molecular weight is 427 g/mol. The van der Waals surface area contributed by atoms with Crippen molar-refractivity contribution in [3.8, 4) is 0 Å². The summed E-state index contributed by atoms with van der Waals surface area (Å²) in [5.41, 5.74) is -4.34. The summed E-state index contributed by atoms with van der Waals surface area (Å²) in [6.07, 6.45) is 0.522. The minimum Gasteiger partial charge on any atom is -0.357 e. The van der Waals surface area contributed by atoms with Crippen LogP contribution in [0.15, 0.2) is 29.3 Å². The molecule has 1 aromatic rings. The lowest BCUT2D eigenvalue weighted by Crippen LogP contribution is -2.51. The molecule has 11 heteroatoms. The minimum absolute atomic E-state index is 0.165. The first-order chi connectivity index (χ1) is 12.6. The number of aliphatic imine (C=N–C) groups is 1. The lowest BCUT2D eigenvalue weighted by molar-refractivity contribution is -0.0494. The molecule has 0 radical (unpaired) electrons. The minimum atomic E-state index is -5.26. The third kappa shape index (κ3) is 5.98. The van der Waals surface area contributed by atoms with Gasteiger partial charge in [0.15, 0.2) is 5.96 Å². The molecule has 2 rings (SSSR count). The van der Waals surface area contributed by atoms with E-state index in [1.165, 1.54) is 0 Å². The summed E-state index contributed by atoms with van der Waals surface area (Å²) in [4.78, 5) is 4.45. The Morgan fingerprint density at radius 1 is 1.33 bits per heavy atom. The molecule has 0 atom stereocenters. The number of sulfonamides is 1. The standard InChI is InChI=1S/C16H22ClF3N4O2S/c1-2-21-15(22-11-12-4-3-5-13(17)10-12)23-14-6-8-24(9-7-14)27(25,26)16(18,19)20/h3-5,10,14H,2,6-9,11H2,1H3,(H2,21,22,23). The monoisotopic (exact) mass is 426 g/mol. The lowest BCUT2D eigenvalue weighted by atomic mass is 10.1. The molecule has 27 heavy (non-hydrogen) atoms. The number of benzene rings is 1. The zero-order valence-electron chi connectivity index (χ0n) is 14.8. The number of guanidine groups is 1. The van der Waals surface area contributed by atoms with E-state index in [1.54, 1.807) is 12.1 Å². The quantitative estimate of drug-likeness (QED) is 0.561. The number of piperidine rings is 1. The second-order valence-corrected chi connectivity index (χ2v) is 8.46. The van der Waals surface area contributed by atoms with Crippen LogP contribution in [0, 0.1) is 0 Å². The maximum Gasteiger partial charge on any atom is 0.511 e. The third-order valence-electron chi connectivity index (χ3n) is 4.08. The van der Waals surface area contributed by atoms with Crippen LogP contribution < -0.4 is 10.6 Å². The van der Waals surface area contributed by atoms with Gasteiger partial charge in [-0.25, -0.2) is 13.4 Å². The fourth-order valence-electron chi connectivity index (χ4n) is 2.71.